The van der Waals surface area contributed by atoms with Gasteiger partial charge < -0.3 is 0 Å². The van der Waals surface area contributed by atoms with Crippen LogP contribution in [0.5, 0.6) is 0 Å². The third-order valence-corrected chi connectivity index (χ3v) is 5.24. The van der Waals surface area contributed by atoms with Crippen molar-refractivity contribution in [3.8, 4) is 0 Å². The van der Waals surface area contributed by atoms with Gasteiger partial charge >= 0.3 is 0 Å². The van der Waals surface area contributed by atoms with E-state index in [2.05, 4.69) is 19.9 Å². The van der Waals surface area contributed by atoms with Crippen LogP contribution in [0.4, 0.5) is 0 Å². The Hall–Kier alpha value is -4.20. The Morgan fingerprint density at radius 1 is 0.567 bits per heavy atom. The molecule has 0 aliphatic rings. The van der Waals surface area contributed by atoms with Crippen LogP contribution in [0.2, 0.25) is 0 Å². The lowest BCUT2D eigenvalue weighted by molar-refractivity contribution is 1.08. The zero-order valence-electron chi connectivity index (χ0n) is 15.6. The van der Waals surface area contributed by atoms with Crippen LogP contribution in [0.15, 0.2) is 68.0 Å². The molecule has 0 aliphatic carbocycles. The average molecular weight is 398 g/mol. The number of benzene rings is 1. The fourth-order valence-electron chi connectivity index (χ4n) is 4.03. The van der Waals surface area contributed by atoms with Gasteiger partial charge in [-0.05, 0) is 35.4 Å². The first-order valence-electron chi connectivity index (χ1n) is 9.27. The second-order valence-corrected chi connectivity index (χ2v) is 7.02. The van der Waals surface area contributed by atoms with Crippen molar-refractivity contribution < 1.29 is 0 Å². The summed E-state index contributed by atoms with van der Waals surface area (Å²) in [7, 11) is 0. The molecule has 0 bridgehead atoms. The van der Waals surface area contributed by atoms with Crippen molar-refractivity contribution in [2.75, 3.05) is 0 Å². The maximum absolute atomic E-state index is 12.7. The van der Waals surface area contributed by atoms with Crippen LogP contribution < -0.4 is 22.2 Å². The molecule has 0 unspecified atom stereocenters. The zero-order valence-corrected chi connectivity index (χ0v) is 15.6. The fraction of sp³-hybridized carbons (Fsp3) is 0.0909. The molecule has 5 rings (SSSR count). The van der Waals surface area contributed by atoms with Crippen LogP contribution >= 0.6 is 0 Å². The highest BCUT2D eigenvalue weighted by Gasteiger charge is 2.25. The normalized spacial score (nSPS) is 11.5. The molecule has 146 valence electrons. The van der Waals surface area contributed by atoms with Crippen molar-refractivity contribution in [2.45, 2.75) is 12.8 Å². The van der Waals surface area contributed by atoms with E-state index in [0.717, 1.165) is 0 Å². The van der Waals surface area contributed by atoms with Crippen molar-refractivity contribution in [1.29, 1.82) is 0 Å². The lowest BCUT2D eigenvalue weighted by atomic mass is 9.91. The molecule has 8 heteroatoms. The van der Waals surface area contributed by atoms with Crippen molar-refractivity contribution in [2.24, 2.45) is 0 Å². The Morgan fingerprint density at radius 3 is 1.23 bits per heavy atom. The number of nitrogens with one attached hydrogen (secondary N) is 2. The molecule has 0 aliphatic heterocycles. The molecule has 2 N–H and O–H groups in total. The van der Waals surface area contributed by atoms with Gasteiger partial charge in [0.15, 0.2) is 0 Å². The molecule has 0 atom stereocenters. The van der Waals surface area contributed by atoms with E-state index in [-0.39, 0.29) is 34.4 Å². The largest absolute Gasteiger partial charge is 0.288 e. The number of hydrogen-bond acceptors (Lipinski definition) is 6. The molecule has 0 radical (unpaired) electrons. The first-order valence-corrected chi connectivity index (χ1v) is 9.27. The van der Waals surface area contributed by atoms with Gasteiger partial charge in [-0.15, -0.1) is 0 Å². The van der Waals surface area contributed by atoms with Gasteiger partial charge in [0.1, 0.15) is 0 Å². The standard InChI is InChI=1S/C22H14N4O4/c27-19-15-13(9-11-5-1-3-7-23-11)16-18(22(30)26-20(16)28)14(17(15)21(29)25-19)10-12-6-2-4-8-24-12/h1-8H,9-10H2,(H,25,27,29)(H,26,28,30). The molecule has 0 saturated carbocycles. The lowest BCUT2D eigenvalue weighted by Gasteiger charge is -2.09. The molecule has 0 saturated heterocycles. The predicted molar refractivity (Wildman–Crippen MR) is 112 cm³/mol. The van der Waals surface area contributed by atoms with Gasteiger partial charge in [-0.25, -0.2) is 0 Å². The van der Waals surface area contributed by atoms with Gasteiger partial charge in [-0.3, -0.25) is 39.1 Å². The maximum atomic E-state index is 12.7. The van der Waals surface area contributed by atoms with E-state index in [1.165, 1.54) is 0 Å². The Bertz CT molecular complexity index is 1410. The van der Waals surface area contributed by atoms with Gasteiger partial charge in [0.2, 0.25) is 0 Å². The minimum Gasteiger partial charge on any atom is -0.288 e. The molecule has 1 aromatic carbocycles. The van der Waals surface area contributed by atoms with Crippen LogP contribution in [0.25, 0.3) is 21.5 Å². The van der Waals surface area contributed by atoms with Crippen molar-refractivity contribution >= 4 is 21.5 Å². The minimum absolute atomic E-state index is 0.125. The number of nitrogens with zero attached hydrogens (tertiary/aromatic N) is 2. The third kappa shape index (κ3) is 2.69. The summed E-state index contributed by atoms with van der Waals surface area (Å²) in [5.41, 5.74) is -0.463. The smallest absolute Gasteiger partial charge is 0.259 e. The van der Waals surface area contributed by atoms with Crippen molar-refractivity contribution in [3.05, 3.63) is 113 Å². The first-order chi connectivity index (χ1) is 14.5. The molecule has 5 aromatic rings. The van der Waals surface area contributed by atoms with Crippen molar-refractivity contribution in [1.82, 2.24) is 19.9 Å². The number of aromatic amines is 2. The Balaban J connectivity index is 1.93. The number of hydrogen-bond donors (Lipinski definition) is 2. The summed E-state index contributed by atoms with van der Waals surface area (Å²) >= 11 is 0. The summed E-state index contributed by atoms with van der Waals surface area (Å²) < 4.78 is 0. The van der Waals surface area contributed by atoms with Gasteiger partial charge in [0.25, 0.3) is 22.2 Å². The highest BCUT2D eigenvalue weighted by molar-refractivity contribution is 6.05. The van der Waals surface area contributed by atoms with Gasteiger partial charge in [-0.1, -0.05) is 12.1 Å². The van der Waals surface area contributed by atoms with Crippen molar-refractivity contribution in [3.63, 3.8) is 0 Å². The second kappa shape index (κ2) is 6.70. The summed E-state index contributed by atoms with van der Waals surface area (Å²) in [5.74, 6) is 0. The minimum atomic E-state index is -0.585. The Labute approximate surface area is 167 Å². The molecule has 0 fully saturated rings. The molecular weight excluding hydrogens is 384 g/mol. The Morgan fingerprint density at radius 2 is 0.933 bits per heavy atom. The van der Waals surface area contributed by atoms with Crippen LogP contribution in [-0.2, 0) is 12.8 Å². The fourth-order valence-corrected chi connectivity index (χ4v) is 4.03. The van der Waals surface area contributed by atoms with E-state index in [1.807, 2.05) is 0 Å². The summed E-state index contributed by atoms with van der Waals surface area (Å²) in [6, 6.07) is 10.6. The van der Waals surface area contributed by atoms with Gasteiger partial charge in [0.05, 0.1) is 21.5 Å². The van der Waals surface area contributed by atoms with E-state index in [1.54, 1.807) is 48.8 Å². The van der Waals surface area contributed by atoms with Crippen LogP contribution in [0.1, 0.15) is 22.5 Å². The second-order valence-electron chi connectivity index (χ2n) is 7.02. The molecule has 0 amide bonds. The molecule has 4 heterocycles. The molecule has 8 nitrogen and oxygen atoms in total. The SMILES string of the molecule is O=c1[nH]c(=O)c2c(Cc3ccccn3)c3c(=O)[nH]c(=O)c3c(Cc3ccccn3)c12. The molecule has 4 aromatic heterocycles. The van der Waals surface area contributed by atoms with Gasteiger partial charge in [0, 0.05) is 36.6 Å². The number of rotatable bonds is 4. The van der Waals surface area contributed by atoms with Crippen LogP contribution in [0.3, 0.4) is 0 Å². The topological polar surface area (TPSA) is 126 Å². The van der Waals surface area contributed by atoms with E-state index < -0.39 is 22.2 Å². The monoisotopic (exact) mass is 398 g/mol. The van der Waals surface area contributed by atoms with Crippen LogP contribution in [0, 0.1) is 0 Å². The summed E-state index contributed by atoms with van der Waals surface area (Å²) in [5, 5.41) is 0.501. The zero-order chi connectivity index (χ0) is 20.8. The number of aromatic nitrogens is 4. The van der Waals surface area contributed by atoms with E-state index in [0.29, 0.717) is 22.5 Å². The number of H-pyrrole nitrogens is 2. The average Bonchev–Trinajstić information content (AvgIpc) is 3.21. The summed E-state index contributed by atoms with van der Waals surface area (Å²) in [6.07, 6.45) is 3.47. The van der Waals surface area contributed by atoms with E-state index >= 15 is 0 Å². The first kappa shape index (κ1) is 17.9. The molecule has 30 heavy (non-hydrogen) atoms. The number of pyridine rings is 2. The molecular formula is C22H14N4O4. The summed E-state index contributed by atoms with van der Waals surface area (Å²) in [6.45, 7) is 0. The van der Waals surface area contributed by atoms with E-state index in [4.69, 9.17) is 0 Å². The highest BCUT2D eigenvalue weighted by Crippen LogP contribution is 2.29. The molecule has 0 spiro atoms. The number of fused-ring (bicyclic) bond motifs is 2. The van der Waals surface area contributed by atoms with E-state index in [9.17, 15) is 19.2 Å². The Kier molecular flexibility index (Phi) is 3.99. The summed E-state index contributed by atoms with van der Waals surface area (Å²) in [4.78, 5) is 63.9. The maximum Gasteiger partial charge on any atom is 0.259 e. The lowest BCUT2D eigenvalue weighted by Crippen LogP contribution is -2.09. The predicted octanol–water partition coefficient (Wildman–Crippen LogP) is 0.937. The quantitative estimate of drug-likeness (QED) is 0.464. The highest BCUT2D eigenvalue weighted by atomic mass is 16.2. The van der Waals surface area contributed by atoms with Gasteiger partial charge in [-0.2, -0.15) is 0 Å². The third-order valence-electron chi connectivity index (χ3n) is 5.24. The van der Waals surface area contributed by atoms with Crippen LogP contribution in [-0.4, -0.2) is 19.9 Å².